The van der Waals surface area contributed by atoms with Crippen molar-refractivity contribution in [1.82, 2.24) is 9.80 Å². The molecule has 9 nitrogen and oxygen atoms in total. The second-order valence-electron chi connectivity index (χ2n) is 12.9. The molecule has 0 saturated carbocycles. The lowest BCUT2D eigenvalue weighted by molar-refractivity contribution is -0.145. The Labute approximate surface area is 287 Å². The fraction of sp³-hybridized carbons (Fsp3) is 0.325. The number of carbonyl (C=O) groups is 1. The quantitative estimate of drug-likeness (QED) is 0.202. The average molecular weight is 663 g/mol. The van der Waals surface area contributed by atoms with Crippen LogP contribution in [-0.2, 0) is 29.2 Å². The molecule has 4 aromatic rings. The number of likely N-dealkylation sites (N-methyl/N-ethyl adjacent to an activating group) is 1. The summed E-state index contributed by atoms with van der Waals surface area (Å²) in [6, 6.07) is 20.6. The number of aryl methyl sites for hydroxylation is 1. The van der Waals surface area contributed by atoms with Gasteiger partial charge in [-0.15, -0.1) is 0 Å². The molecule has 4 aromatic carbocycles. The van der Waals surface area contributed by atoms with Gasteiger partial charge in [-0.25, -0.2) is 0 Å². The van der Waals surface area contributed by atoms with Crippen LogP contribution in [0.1, 0.15) is 56.6 Å². The Hall–Kier alpha value is -4.99. The van der Waals surface area contributed by atoms with Crippen LogP contribution < -0.4 is 18.9 Å². The molecule has 254 valence electrons. The van der Waals surface area contributed by atoms with Gasteiger partial charge in [0.2, 0.25) is 5.91 Å². The van der Waals surface area contributed by atoms with Crippen molar-refractivity contribution in [3.05, 3.63) is 117 Å². The number of rotatable bonds is 10. The molecule has 2 bridgehead atoms. The summed E-state index contributed by atoms with van der Waals surface area (Å²) in [5, 5.41) is 11.7. The summed E-state index contributed by atoms with van der Waals surface area (Å²) in [5.74, 6) is 2.24. The fourth-order valence-corrected chi connectivity index (χ4v) is 7.78. The number of phenols is 1. The number of amides is 1. The summed E-state index contributed by atoms with van der Waals surface area (Å²) in [5.41, 5.74) is 7.48. The molecule has 0 unspecified atom stereocenters. The first-order valence-electron chi connectivity index (χ1n) is 16.5. The fourth-order valence-electron chi connectivity index (χ4n) is 7.78. The molecule has 3 aliphatic rings. The molecule has 1 amide bonds. The molecule has 0 radical (unpaired) electrons. The van der Waals surface area contributed by atoms with Crippen molar-refractivity contribution in [3.8, 4) is 28.7 Å². The predicted molar refractivity (Wildman–Crippen MR) is 186 cm³/mol. The minimum atomic E-state index is -0.608. The summed E-state index contributed by atoms with van der Waals surface area (Å²) in [4.78, 5) is 18.7. The van der Waals surface area contributed by atoms with Gasteiger partial charge >= 0.3 is 0 Å². The Morgan fingerprint density at radius 1 is 0.816 bits per heavy atom. The van der Waals surface area contributed by atoms with Gasteiger partial charge in [-0.1, -0.05) is 66.7 Å². The molecular formula is C40H42N2O7. The van der Waals surface area contributed by atoms with Gasteiger partial charge in [-0.2, -0.15) is 0 Å². The summed E-state index contributed by atoms with van der Waals surface area (Å²) in [6.45, 7) is 4.68. The van der Waals surface area contributed by atoms with Gasteiger partial charge in [0, 0.05) is 28.0 Å². The molecule has 7 rings (SSSR count). The van der Waals surface area contributed by atoms with Crippen molar-refractivity contribution in [2.75, 3.05) is 35.0 Å². The van der Waals surface area contributed by atoms with Gasteiger partial charge in [0.05, 0.1) is 52.7 Å². The monoisotopic (exact) mass is 662 g/mol. The van der Waals surface area contributed by atoms with Crippen molar-refractivity contribution < 1.29 is 33.6 Å². The van der Waals surface area contributed by atoms with E-state index in [-0.39, 0.29) is 24.3 Å². The highest BCUT2D eigenvalue weighted by atomic mass is 16.5. The number of hydrogen-bond acceptors (Lipinski definition) is 8. The van der Waals surface area contributed by atoms with Crippen molar-refractivity contribution in [1.29, 1.82) is 0 Å². The number of piperazine rings is 1. The molecule has 9 heteroatoms. The normalized spacial score (nSPS) is 19.4. The molecule has 49 heavy (non-hydrogen) atoms. The molecule has 0 aliphatic carbocycles. The Kier molecular flexibility index (Phi) is 8.73. The molecule has 3 heterocycles. The van der Waals surface area contributed by atoms with Gasteiger partial charge in [0.25, 0.3) is 0 Å². The topological polar surface area (TPSA) is 89.9 Å². The summed E-state index contributed by atoms with van der Waals surface area (Å²) in [7, 11) is 6.78. The zero-order valence-corrected chi connectivity index (χ0v) is 28.8. The first-order chi connectivity index (χ1) is 23.8. The van der Waals surface area contributed by atoms with E-state index >= 15 is 0 Å². The first-order valence-corrected chi connectivity index (χ1v) is 16.5. The van der Waals surface area contributed by atoms with Gasteiger partial charge < -0.3 is 33.7 Å². The first kappa shape index (κ1) is 32.6. The van der Waals surface area contributed by atoms with E-state index in [0.717, 1.165) is 33.5 Å². The second kappa shape index (κ2) is 13.1. The van der Waals surface area contributed by atoms with E-state index in [2.05, 4.69) is 11.0 Å². The van der Waals surface area contributed by atoms with Crippen LogP contribution in [0.3, 0.4) is 0 Å². The highest BCUT2D eigenvalue weighted by Crippen LogP contribution is 2.57. The van der Waals surface area contributed by atoms with Crippen LogP contribution in [0.4, 0.5) is 0 Å². The van der Waals surface area contributed by atoms with Crippen LogP contribution in [0, 0.1) is 13.8 Å². The number of hydrogen-bond donors (Lipinski definition) is 1. The van der Waals surface area contributed by atoms with Gasteiger partial charge in [0.1, 0.15) is 12.4 Å². The van der Waals surface area contributed by atoms with Crippen LogP contribution in [-0.4, -0.2) is 61.8 Å². The van der Waals surface area contributed by atoms with E-state index in [1.807, 2.05) is 85.6 Å². The lowest BCUT2D eigenvalue weighted by Crippen LogP contribution is -2.60. The number of methoxy groups -OCH3 is 3. The highest BCUT2D eigenvalue weighted by Gasteiger charge is 2.53. The average Bonchev–Trinajstić information content (AvgIpc) is 3.11. The van der Waals surface area contributed by atoms with Crippen LogP contribution in [0.5, 0.6) is 28.7 Å². The van der Waals surface area contributed by atoms with Crippen molar-refractivity contribution in [2.24, 2.45) is 0 Å². The molecule has 1 saturated heterocycles. The summed E-state index contributed by atoms with van der Waals surface area (Å²) < 4.78 is 30.8. The van der Waals surface area contributed by atoms with E-state index in [1.165, 1.54) is 0 Å². The summed E-state index contributed by atoms with van der Waals surface area (Å²) in [6.07, 6.45) is 2.42. The number of aromatic hydroxyl groups is 1. The van der Waals surface area contributed by atoms with Crippen LogP contribution in [0.2, 0.25) is 0 Å². The third kappa shape index (κ3) is 5.37. The zero-order chi connectivity index (χ0) is 34.4. The highest BCUT2D eigenvalue weighted by molar-refractivity contribution is 5.91. The number of phenolic OH excluding ortho intramolecular Hbond substituents is 1. The van der Waals surface area contributed by atoms with Crippen molar-refractivity contribution in [2.45, 2.75) is 51.6 Å². The number of fused-ring (bicyclic) bond motifs is 7. The Bertz CT molecular complexity index is 1930. The summed E-state index contributed by atoms with van der Waals surface area (Å²) >= 11 is 0. The van der Waals surface area contributed by atoms with E-state index in [4.69, 9.17) is 23.7 Å². The predicted octanol–water partition coefficient (Wildman–Crippen LogP) is 6.67. The lowest BCUT2D eigenvalue weighted by atomic mass is 9.78. The minimum absolute atomic E-state index is 0.0454. The standard InChI is InChI=1S/C40H42N2O7/c1-23-17-27-18-30-40(44)42-29(34(41(30)3)32(27)39(36(23)45-4)49-21-26-15-11-8-12-16-26)19-28-33(38(47-6)37(46-5)24(2)35(28)43)31(42)22-48-20-25-13-9-7-10-14-25/h7-17,19,30-31,34,43H,18,20-22H2,1-6H3/t30-,31+,34-/m1/s1. The third-order valence-electron chi connectivity index (χ3n) is 10.1. The van der Waals surface area contributed by atoms with E-state index < -0.39 is 12.1 Å². The van der Waals surface area contributed by atoms with Crippen LogP contribution in [0.25, 0.3) is 6.08 Å². The van der Waals surface area contributed by atoms with Crippen molar-refractivity contribution >= 4 is 12.0 Å². The maximum atomic E-state index is 14.8. The zero-order valence-electron chi connectivity index (χ0n) is 28.8. The smallest absolute Gasteiger partial charge is 0.245 e. The number of carbonyl (C=O) groups excluding carboxylic acids is 1. The Morgan fingerprint density at radius 2 is 1.45 bits per heavy atom. The molecular weight excluding hydrogens is 620 g/mol. The van der Waals surface area contributed by atoms with E-state index in [1.54, 1.807) is 28.3 Å². The largest absolute Gasteiger partial charge is 0.507 e. The molecule has 0 aromatic heterocycles. The number of benzene rings is 4. The molecule has 1 N–H and O–H groups in total. The van der Waals surface area contributed by atoms with Gasteiger partial charge in [0.15, 0.2) is 23.0 Å². The molecule has 3 atom stereocenters. The Balaban J connectivity index is 1.41. The lowest BCUT2D eigenvalue weighted by Gasteiger charge is -2.53. The third-order valence-corrected chi connectivity index (χ3v) is 10.1. The SMILES string of the molecule is COc1c(C)cc2c(c1OCc1ccccc1)[C@H]1C3=Cc4c(O)c(C)c(OC)c(OC)c4[C@H](COCc4ccccc4)N3C(=O)[C@@H](C2)N1C. The number of nitrogens with zero attached hydrogens (tertiary/aromatic N) is 2. The second-order valence-corrected chi connectivity index (χ2v) is 12.9. The maximum Gasteiger partial charge on any atom is 0.245 e. The van der Waals surface area contributed by atoms with E-state index in [9.17, 15) is 9.90 Å². The van der Waals surface area contributed by atoms with Crippen LogP contribution in [0.15, 0.2) is 72.4 Å². The molecule has 1 fully saturated rings. The maximum absolute atomic E-state index is 14.8. The van der Waals surface area contributed by atoms with Gasteiger partial charge in [-0.3, -0.25) is 9.69 Å². The van der Waals surface area contributed by atoms with E-state index in [0.29, 0.717) is 59.3 Å². The molecule has 3 aliphatic heterocycles. The van der Waals surface area contributed by atoms with Crippen LogP contribution >= 0.6 is 0 Å². The minimum Gasteiger partial charge on any atom is -0.507 e. The number of ether oxygens (including phenoxy) is 5. The Morgan fingerprint density at radius 3 is 2.08 bits per heavy atom. The molecule has 0 spiro atoms. The van der Waals surface area contributed by atoms with Crippen molar-refractivity contribution in [3.63, 3.8) is 0 Å². The van der Waals surface area contributed by atoms with Gasteiger partial charge in [-0.05, 0) is 55.6 Å².